The van der Waals surface area contributed by atoms with Crippen LogP contribution >= 0.6 is 0 Å². The van der Waals surface area contributed by atoms with Crippen molar-refractivity contribution in [3.8, 4) is 5.75 Å². The predicted octanol–water partition coefficient (Wildman–Crippen LogP) is 1.82. The molecule has 0 saturated carbocycles. The van der Waals surface area contributed by atoms with Gasteiger partial charge in [-0.15, -0.1) is 0 Å². The van der Waals surface area contributed by atoms with Crippen LogP contribution < -0.4 is 10.1 Å². The summed E-state index contributed by atoms with van der Waals surface area (Å²) >= 11 is 0. The Kier molecular flexibility index (Phi) is 6.14. The van der Waals surface area contributed by atoms with Crippen molar-refractivity contribution in [1.82, 2.24) is 10.2 Å². The first-order valence-electron chi connectivity index (χ1n) is 6.81. The summed E-state index contributed by atoms with van der Waals surface area (Å²) in [7, 11) is 1.42. The monoisotopic (exact) mass is 296 g/mol. The van der Waals surface area contributed by atoms with Gasteiger partial charge in [-0.25, -0.2) is 4.39 Å². The number of amides is 2. The average molecular weight is 296 g/mol. The van der Waals surface area contributed by atoms with Crippen molar-refractivity contribution in [3.63, 3.8) is 0 Å². The summed E-state index contributed by atoms with van der Waals surface area (Å²) in [6.45, 7) is 5.62. The summed E-state index contributed by atoms with van der Waals surface area (Å²) in [5, 5.41) is 2.70. The van der Waals surface area contributed by atoms with Crippen LogP contribution in [0.1, 0.15) is 31.1 Å². The van der Waals surface area contributed by atoms with Crippen LogP contribution in [0, 0.1) is 5.82 Å². The highest BCUT2D eigenvalue weighted by atomic mass is 19.1. The Morgan fingerprint density at radius 1 is 1.38 bits per heavy atom. The zero-order chi connectivity index (χ0) is 16.0. The van der Waals surface area contributed by atoms with E-state index >= 15 is 0 Å². The second kappa shape index (κ2) is 7.61. The maximum atomic E-state index is 13.9. The quantitative estimate of drug-likeness (QED) is 0.871. The van der Waals surface area contributed by atoms with E-state index in [9.17, 15) is 14.0 Å². The van der Waals surface area contributed by atoms with Crippen LogP contribution in [0.4, 0.5) is 4.39 Å². The molecule has 2 amide bonds. The lowest BCUT2D eigenvalue weighted by Crippen LogP contribution is -2.42. The number of carbonyl (C=O) groups is 2. The lowest BCUT2D eigenvalue weighted by Gasteiger charge is -2.21. The summed E-state index contributed by atoms with van der Waals surface area (Å²) in [5.41, 5.74) is -0.0741. The van der Waals surface area contributed by atoms with Gasteiger partial charge in [-0.2, -0.15) is 0 Å². The van der Waals surface area contributed by atoms with Gasteiger partial charge in [0, 0.05) is 18.7 Å². The zero-order valence-corrected chi connectivity index (χ0v) is 12.8. The third-order valence-electron chi connectivity index (χ3n) is 2.86. The van der Waals surface area contributed by atoms with Gasteiger partial charge in [0.2, 0.25) is 5.91 Å². The van der Waals surface area contributed by atoms with Gasteiger partial charge in [-0.3, -0.25) is 9.59 Å². The molecule has 0 heterocycles. The maximum Gasteiger partial charge on any atom is 0.257 e. The van der Waals surface area contributed by atoms with Crippen LogP contribution in [0.5, 0.6) is 5.75 Å². The highest BCUT2D eigenvalue weighted by molar-refractivity contribution is 5.96. The highest BCUT2D eigenvalue weighted by Gasteiger charge is 2.21. The van der Waals surface area contributed by atoms with Crippen molar-refractivity contribution in [2.45, 2.75) is 26.8 Å². The molecule has 0 aliphatic heterocycles. The van der Waals surface area contributed by atoms with Crippen LogP contribution in [-0.2, 0) is 4.79 Å². The number of methoxy groups -OCH3 is 1. The zero-order valence-electron chi connectivity index (χ0n) is 12.8. The molecule has 21 heavy (non-hydrogen) atoms. The lowest BCUT2D eigenvalue weighted by atomic mass is 10.1. The predicted molar refractivity (Wildman–Crippen MR) is 77.8 cm³/mol. The number of halogens is 1. The van der Waals surface area contributed by atoms with Gasteiger partial charge >= 0.3 is 0 Å². The topological polar surface area (TPSA) is 58.6 Å². The van der Waals surface area contributed by atoms with Gasteiger partial charge in [0.05, 0.1) is 19.2 Å². The van der Waals surface area contributed by atoms with Gasteiger partial charge in [0.1, 0.15) is 11.6 Å². The fourth-order valence-electron chi connectivity index (χ4n) is 1.83. The molecule has 116 valence electrons. The summed E-state index contributed by atoms with van der Waals surface area (Å²) in [4.78, 5) is 25.3. The number of rotatable bonds is 6. The minimum Gasteiger partial charge on any atom is -0.497 e. The second-order valence-corrected chi connectivity index (χ2v) is 4.89. The molecule has 1 aromatic rings. The second-order valence-electron chi connectivity index (χ2n) is 4.89. The molecule has 1 aromatic carbocycles. The molecule has 0 spiro atoms. The van der Waals surface area contributed by atoms with Crippen molar-refractivity contribution < 1.29 is 18.7 Å². The number of hydrogen-bond donors (Lipinski definition) is 1. The van der Waals surface area contributed by atoms with E-state index in [1.54, 1.807) is 6.92 Å². The largest absolute Gasteiger partial charge is 0.497 e. The molecule has 5 nitrogen and oxygen atoms in total. The minimum atomic E-state index is -0.665. The SMILES string of the molecule is CCN(CC(=O)NC(C)C)C(=O)c1ccc(OC)cc1F. The van der Waals surface area contributed by atoms with Crippen molar-refractivity contribution in [1.29, 1.82) is 0 Å². The van der Waals surface area contributed by atoms with Gasteiger partial charge in [0.25, 0.3) is 5.91 Å². The molecule has 0 aliphatic rings. The van der Waals surface area contributed by atoms with Crippen molar-refractivity contribution in [2.75, 3.05) is 20.2 Å². The first-order valence-corrected chi connectivity index (χ1v) is 6.81. The first kappa shape index (κ1) is 16.9. The highest BCUT2D eigenvalue weighted by Crippen LogP contribution is 2.17. The summed E-state index contributed by atoms with van der Waals surface area (Å²) in [6.07, 6.45) is 0. The number of benzene rings is 1. The van der Waals surface area contributed by atoms with Crippen LogP contribution in [0.3, 0.4) is 0 Å². The Balaban J connectivity index is 2.86. The molecular weight excluding hydrogens is 275 g/mol. The van der Waals surface area contributed by atoms with Gasteiger partial charge < -0.3 is 15.0 Å². The molecular formula is C15H21FN2O3. The number of likely N-dealkylation sites (N-methyl/N-ethyl adjacent to an activating group) is 1. The normalized spacial score (nSPS) is 10.4. The Labute approximate surface area is 124 Å². The Hall–Kier alpha value is -2.11. The van der Waals surface area contributed by atoms with E-state index in [1.807, 2.05) is 13.8 Å². The number of nitrogens with one attached hydrogen (secondary N) is 1. The van der Waals surface area contributed by atoms with Crippen LogP contribution in [0.15, 0.2) is 18.2 Å². The van der Waals surface area contributed by atoms with Gasteiger partial charge in [-0.05, 0) is 32.9 Å². The van der Waals surface area contributed by atoms with E-state index in [2.05, 4.69) is 5.32 Å². The van der Waals surface area contributed by atoms with Crippen molar-refractivity contribution >= 4 is 11.8 Å². The minimum absolute atomic E-state index is 0.0102. The Morgan fingerprint density at radius 2 is 2.05 bits per heavy atom. The molecule has 0 fully saturated rings. The van der Waals surface area contributed by atoms with Crippen molar-refractivity contribution in [3.05, 3.63) is 29.6 Å². The van der Waals surface area contributed by atoms with E-state index in [-0.39, 0.29) is 24.1 Å². The lowest BCUT2D eigenvalue weighted by molar-refractivity contribution is -0.122. The van der Waals surface area contributed by atoms with Crippen LogP contribution in [0.2, 0.25) is 0 Å². The fourth-order valence-corrected chi connectivity index (χ4v) is 1.83. The fraction of sp³-hybridized carbons (Fsp3) is 0.467. The molecule has 1 N–H and O–H groups in total. The van der Waals surface area contributed by atoms with E-state index in [1.165, 1.54) is 24.1 Å². The molecule has 0 saturated heterocycles. The number of hydrogen-bond acceptors (Lipinski definition) is 3. The average Bonchev–Trinajstić information content (AvgIpc) is 2.43. The third-order valence-corrected chi connectivity index (χ3v) is 2.86. The summed E-state index contributed by atoms with van der Waals surface area (Å²) in [5.74, 6) is -1.11. The van der Waals surface area contributed by atoms with Crippen LogP contribution in [-0.4, -0.2) is 43.0 Å². The van der Waals surface area contributed by atoms with Crippen molar-refractivity contribution in [2.24, 2.45) is 0 Å². The van der Waals surface area contributed by atoms with Crippen LogP contribution in [0.25, 0.3) is 0 Å². The molecule has 6 heteroatoms. The third kappa shape index (κ3) is 4.73. The first-order chi connectivity index (χ1) is 9.88. The summed E-state index contributed by atoms with van der Waals surface area (Å²) in [6, 6.07) is 4.01. The molecule has 0 aromatic heterocycles. The maximum absolute atomic E-state index is 13.9. The van der Waals surface area contributed by atoms with E-state index < -0.39 is 11.7 Å². The molecule has 0 atom stereocenters. The van der Waals surface area contributed by atoms with Gasteiger partial charge in [0.15, 0.2) is 0 Å². The molecule has 1 rings (SSSR count). The molecule has 0 radical (unpaired) electrons. The van der Waals surface area contributed by atoms with E-state index in [0.29, 0.717) is 12.3 Å². The number of nitrogens with zero attached hydrogens (tertiary/aromatic N) is 1. The Bertz CT molecular complexity index is 518. The van der Waals surface area contributed by atoms with E-state index in [0.717, 1.165) is 6.07 Å². The number of carbonyl (C=O) groups excluding carboxylic acids is 2. The number of ether oxygens (including phenoxy) is 1. The summed E-state index contributed by atoms with van der Waals surface area (Å²) < 4.78 is 18.8. The van der Waals surface area contributed by atoms with E-state index in [4.69, 9.17) is 4.74 Å². The molecule has 0 aliphatic carbocycles. The Morgan fingerprint density at radius 3 is 2.52 bits per heavy atom. The standard InChI is InChI=1S/C15H21FN2O3/c1-5-18(9-14(19)17-10(2)3)15(20)12-7-6-11(21-4)8-13(12)16/h6-8,10H,5,9H2,1-4H3,(H,17,19). The smallest absolute Gasteiger partial charge is 0.257 e. The van der Waals surface area contributed by atoms with Gasteiger partial charge in [-0.1, -0.05) is 0 Å². The molecule has 0 bridgehead atoms. The molecule has 0 unspecified atom stereocenters.